The number of rotatable bonds is 5. The average molecular weight is 345 g/mol. The van der Waals surface area contributed by atoms with Gasteiger partial charge in [-0.3, -0.25) is 9.78 Å². The molecule has 2 aliphatic heterocycles. The second kappa shape index (κ2) is 6.49. The van der Waals surface area contributed by atoms with Gasteiger partial charge in [0.1, 0.15) is 17.0 Å². The van der Waals surface area contributed by atoms with Crippen LogP contribution in [-0.4, -0.2) is 52.7 Å². The van der Waals surface area contributed by atoms with Crippen molar-refractivity contribution in [1.82, 2.24) is 14.9 Å². The zero-order valence-electron chi connectivity index (χ0n) is 13.3. The first-order valence-electron chi connectivity index (χ1n) is 8.11. The second-order valence-electron chi connectivity index (χ2n) is 6.26. The van der Waals surface area contributed by atoms with Crippen molar-refractivity contribution in [2.75, 3.05) is 26.3 Å². The van der Waals surface area contributed by atoms with Crippen molar-refractivity contribution in [2.24, 2.45) is 5.92 Å². The number of pyridine rings is 1. The van der Waals surface area contributed by atoms with E-state index in [1.807, 2.05) is 17.0 Å². The minimum atomic E-state index is -0.190. The van der Waals surface area contributed by atoms with E-state index >= 15 is 0 Å². The predicted molar refractivity (Wildman–Crippen MR) is 89.2 cm³/mol. The summed E-state index contributed by atoms with van der Waals surface area (Å²) in [6.45, 7) is 2.71. The molecule has 0 N–H and O–H groups in total. The van der Waals surface area contributed by atoms with E-state index in [2.05, 4.69) is 9.97 Å². The number of hydrogen-bond acceptors (Lipinski definition) is 6. The summed E-state index contributed by atoms with van der Waals surface area (Å²) in [5.74, 6) is 1.22. The van der Waals surface area contributed by atoms with Gasteiger partial charge >= 0.3 is 0 Å². The van der Waals surface area contributed by atoms with E-state index in [0.29, 0.717) is 31.3 Å². The van der Waals surface area contributed by atoms with Gasteiger partial charge in [-0.25, -0.2) is 4.98 Å². The molecule has 6 nitrogen and oxygen atoms in total. The Hall–Kier alpha value is -1.99. The van der Waals surface area contributed by atoms with Crippen LogP contribution in [0.15, 0.2) is 35.4 Å². The maximum Gasteiger partial charge on any atom is 0.273 e. The third kappa shape index (κ3) is 2.89. The molecule has 7 heteroatoms. The van der Waals surface area contributed by atoms with Crippen LogP contribution in [0, 0.1) is 5.92 Å². The summed E-state index contributed by atoms with van der Waals surface area (Å²) >= 11 is 1.44. The van der Waals surface area contributed by atoms with E-state index < -0.39 is 0 Å². The Morgan fingerprint density at radius 1 is 1.50 bits per heavy atom. The standard InChI is InChI=1S/C17H19N3O3S/c21-16(15-9-24-12-19-15)20-10-17(11-20)13(4-7-23-17)3-6-22-14-2-1-5-18-8-14/h1-2,5,8-9,12-13H,3-4,6-7,10-11H2/t13-/m1/s1. The lowest BCUT2D eigenvalue weighted by Crippen LogP contribution is -2.66. The average Bonchev–Trinajstić information content (AvgIpc) is 3.24. The van der Waals surface area contributed by atoms with Crippen LogP contribution in [0.25, 0.3) is 0 Å². The molecule has 0 bridgehead atoms. The summed E-state index contributed by atoms with van der Waals surface area (Å²) in [7, 11) is 0. The molecule has 1 amide bonds. The summed E-state index contributed by atoms with van der Waals surface area (Å²) in [5.41, 5.74) is 2.03. The van der Waals surface area contributed by atoms with Crippen molar-refractivity contribution in [3.05, 3.63) is 41.1 Å². The topological polar surface area (TPSA) is 64.6 Å². The largest absolute Gasteiger partial charge is 0.492 e. The van der Waals surface area contributed by atoms with Gasteiger partial charge in [-0.15, -0.1) is 11.3 Å². The highest BCUT2D eigenvalue weighted by Gasteiger charge is 2.54. The molecule has 2 fully saturated rings. The highest BCUT2D eigenvalue weighted by Crippen LogP contribution is 2.42. The lowest BCUT2D eigenvalue weighted by atomic mass is 9.79. The number of aromatic nitrogens is 2. The molecule has 0 radical (unpaired) electrons. The maximum absolute atomic E-state index is 12.3. The van der Waals surface area contributed by atoms with Crippen molar-refractivity contribution in [3.63, 3.8) is 0 Å². The van der Waals surface area contributed by atoms with Gasteiger partial charge in [0.15, 0.2) is 0 Å². The van der Waals surface area contributed by atoms with Gasteiger partial charge in [0, 0.05) is 18.2 Å². The molecule has 0 aliphatic carbocycles. The van der Waals surface area contributed by atoms with E-state index in [0.717, 1.165) is 25.2 Å². The number of nitrogens with zero attached hydrogens (tertiary/aromatic N) is 3. The summed E-state index contributed by atoms with van der Waals surface area (Å²) in [6, 6.07) is 3.77. The second-order valence-corrected chi connectivity index (χ2v) is 6.98. The molecule has 2 aromatic rings. The lowest BCUT2D eigenvalue weighted by Gasteiger charge is -2.50. The fraction of sp³-hybridized carbons (Fsp3) is 0.471. The van der Waals surface area contributed by atoms with E-state index in [1.165, 1.54) is 11.3 Å². The van der Waals surface area contributed by atoms with Gasteiger partial charge in [0.2, 0.25) is 0 Å². The summed E-state index contributed by atoms with van der Waals surface area (Å²) in [6.07, 6.45) is 5.40. The van der Waals surface area contributed by atoms with Gasteiger partial charge in [-0.1, -0.05) is 0 Å². The molecule has 126 valence electrons. The van der Waals surface area contributed by atoms with Crippen LogP contribution in [0.4, 0.5) is 0 Å². The van der Waals surface area contributed by atoms with Gasteiger partial charge in [0.05, 0.1) is 31.4 Å². The zero-order valence-corrected chi connectivity index (χ0v) is 14.1. The monoisotopic (exact) mass is 345 g/mol. The van der Waals surface area contributed by atoms with Crippen LogP contribution in [-0.2, 0) is 4.74 Å². The summed E-state index contributed by atoms with van der Waals surface area (Å²) in [5, 5.41) is 1.79. The molecule has 0 saturated carbocycles. The van der Waals surface area contributed by atoms with Crippen molar-refractivity contribution >= 4 is 17.2 Å². The number of hydrogen-bond donors (Lipinski definition) is 0. The number of ether oxygens (including phenoxy) is 2. The predicted octanol–water partition coefficient (Wildman–Crippen LogP) is 2.24. The van der Waals surface area contributed by atoms with Crippen LogP contribution in [0.2, 0.25) is 0 Å². The molecular weight excluding hydrogens is 326 g/mol. The molecule has 2 aliphatic rings. The van der Waals surface area contributed by atoms with Crippen LogP contribution in [0.1, 0.15) is 23.3 Å². The van der Waals surface area contributed by atoms with Crippen molar-refractivity contribution in [2.45, 2.75) is 18.4 Å². The number of carbonyl (C=O) groups excluding carboxylic acids is 1. The van der Waals surface area contributed by atoms with Crippen LogP contribution in [0.3, 0.4) is 0 Å². The van der Waals surface area contributed by atoms with Gasteiger partial charge in [0.25, 0.3) is 5.91 Å². The minimum Gasteiger partial charge on any atom is -0.492 e. The minimum absolute atomic E-state index is 0.00253. The fourth-order valence-electron chi connectivity index (χ4n) is 3.52. The molecule has 2 saturated heterocycles. The van der Waals surface area contributed by atoms with Crippen molar-refractivity contribution < 1.29 is 14.3 Å². The molecule has 1 atom stereocenters. The van der Waals surface area contributed by atoms with E-state index in [4.69, 9.17) is 9.47 Å². The Balaban J connectivity index is 1.30. The van der Waals surface area contributed by atoms with Crippen LogP contribution in [0.5, 0.6) is 5.75 Å². The fourth-order valence-corrected chi connectivity index (χ4v) is 4.04. The molecule has 2 aromatic heterocycles. The normalized spacial score (nSPS) is 21.7. The highest BCUT2D eigenvalue weighted by molar-refractivity contribution is 7.07. The highest BCUT2D eigenvalue weighted by atomic mass is 32.1. The first-order chi connectivity index (χ1) is 11.8. The summed E-state index contributed by atoms with van der Waals surface area (Å²) in [4.78, 5) is 22.3. The SMILES string of the molecule is O=C(c1cscn1)N1CC2(C1)OCC[C@H]2CCOc1cccnc1. The first-order valence-corrected chi connectivity index (χ1v) is 9.05. The lowest BCUT2D eigenvalue weighted by molar-refractivity contribution is -0.119. The van der Waals surface area contributed by atoms with Gasteiger partial charge in [-0.2, -0.15) is 0 Å². The zero-order chi connectivity index (χ0) is 16.4. The quantitative estimate of drug-likeness (QED) is 0.831. The first kappa shape index (κ1) is 15.5. The van der Waals surface area contributed by atoms with E-state index in [-0.39, 0.29) is 11.5 Å². The van der Waals surface area contributed by atoms with Crippen LogP contribution >= 0.6 is 11.3 Å². The molecule has 4 heterocycles. The van der Waals surface area contributed by atoms with Crippen molar-refractivity contribution in [3.8, 4) is 5.75 Å². The molecular formula is C17H19N3O3S. The molecule has 1 spiro atoms. The number of carbonyl (C=O) groups is 1. The smallest absolute Gasteiger partial charge is 0.273 e. The Labute approximate surface area is 144 Å². The van der Waals surface area contributed by atoms with Gasteiger partial charge < -0.3 is 14.4 Å². The Bertz CT molecular complexity index is 686. The Morgan fingerprint density at radius 3 is 3.17 bits per heavy atom. The molecule has 4 rings (SSSR count). The molecule has 0 unspecified atom stereocenters. The number of amides is 1. The summed E-state index contributed by atoms with van der Waals surface area (Å²) < 4.78 is 11.8. The Morgan fingerprint density at radius 2 is 2.42 bits per heavy atom. The third-order valence-electron chi connectivity index (χ3n) is 4.82. The number of likely N-dealkylation sites (tertiary alicyclic amines) is 1. The number of thiazole rings is 1. The van der Waals surface area contributed by atoms with Crippen molar-refractivity contribution in [1.29, 1.82) is 0 Å². The van der Waals surface area contributed by atoms with Crippen LogP contribution < -0.4 is 4.74 Å². The van der Waals surface area contributed by atoms with E-state index in [1.54, 1.807) is 23.3 Å². The maximum atomic E-state index is 12.3. The third-order valence-corrected chi connectivity index (χ3v) is 5.41. The molecule has 24 heavy (non-hydrogen) atoms. The van der Waals surface area contributed by atoms with Gasteiger partial charge in [-0.05, 0) is 30.9 Å². The van der Waals surface area contributed by atoms with E-state index in [9.17, 15) is 4.79 Å². The molecule has 0 aromatic carbocycles. The Kier molecular flexibility index (Phi) is 4.20.